The number of hydrogen-bond acceptors (Lipinski definition) is 3. The monoisotopic (exact) mass is 365 g/mol. The predicted molar refractivity (Wildman–Crippen MR) is 78.1 cm³/mol. The van der Waals surface area contributed by atoms with Gasteiger partial charge in [-0.1, -0.05) is 24.3 Å². The van der Waals surface area contributed by atoms with E-state index < -0.39 is 23.9 Å². The van der Waals surface area contributed by atoms with Crippen molar-refractivity contribution in [3.63, 3.8) is 0 Å². The Balaban J connectivity index is 2.52. The predicted octanol–water partition coefficient (Wildman–Crippen LogP) is 4.61. The summed E-state index contributed by atoms with van der Waals surface area (Å²) < 4.78 is 85.9. The van der Waals surface area contributed by atoms with E-state index in [9.17, 15) is 26.3 Å². The minimum Gasteiger partial charge on any atom is -0.488 e. The zero-order valence-corrected chi connectivity index (χ0v) is 12.6. The van der Waals surface area contributed by atoms with Crippen LogP contribution in [0, 0.1) is 0 Å². The summed E-state index contributed by atoms with van der Waals surface area (Å²) in [5.41, 5.74) is 3.90. The van der Waals surface area contributed by atoms with Crippen molar-refractivity contribution >= 4 is 0 Å². The van der Waals surface area contributed by atoms with Gasteiger partial charge >= 0.3 is 12.5 Å². The van der Waals surface area contributed by atoms with Crippen LogP contribution < -0.4 is 15.2 Å². The van der Waals surface area contributed by atoms with Crippen LogP contribution >= 0.6 is 0 Å². The second-order valence-corrected chi connectivity index (χ2v) is 4.89. The Bertz CT molecular complexity index is 727. The van der Waals surface area contributed by atoms with Crippen molar-refractivity contribution in [3.05, 3.63) is 48.0 Å². The van der Waals surface area contributed by atoms with Gasteiger partial charge in [-0.3, -0.25) is 0 Å². The highest BCUT2D eigenvalue weighted by molar-refractivity contribution is 5.71. The van der Waals surface area contributed by atoms with Gasteiger partial charge < -0.3 is 15.2 Å². The van der Waals surface area contributed by atoms with Gasteiger partial charge in [0.25, 0.3) is 0 Å². The summed E-state index contributed by atoms with van der Waals surface area (Å²) in [5.74, 6) is -1.01. The summed E-state index contributed by atoms with van der Waals surface area (Å²) in [4.78, 5) is 0. The molecule has 9 heteroatoms. The maximum atomic E-state index is 13.1. The third kappa shape index (κ3) is 5.02. The summed E-state index contributed by atoms with van der Waals surface area (Å²) in [7, 11) is 0. The Morgan fingerprint density at radius 2 is 1.56 bits per heavy atom. The fourth-order valence-corrected chi connectivity index (χ4v) is 2.15. The highest BCUT2D eigenvalue weighted by atomic mass is 19.4. The van der Waals surface area contributed by atoms with Crippen molar-refractivity contribution in [2.75, 3.05) is 13.2 Å². The largest absolute Gasteiger partial charge is 0.573 e. The van der Waals surface area contributed by atoms with Gasteiger partial charge in [0.2, 0.25) is 0 Å². The van der Waals surface area contributed by atoms with Crippen LogP contribution in [0.3, 0.4) is 0 Å². The van der Waals surface area contributed by atoms with Crippen LogP contribution in [0.4, 0.5) is 26.3 Å². The molecule has 0 saturated carbocycles. The fraction of sp³-hybridized carbons (Fsp3) is 0.250. The van der Waals surface area contributed by atoms with E-state index in [4.69, 9.17) is 10.5 Å². The van der Waals surface area contributed by atoms with Crippen molar-refractivity contribution in [3.8, 4) is 22.6 Å². The van der Waals surface area contributed by atoms with E-state index >= 15 is 0 Å². The number of benzene rings is 2. The second-order valence-electron chi connectivity index (χ2n) is 4.89. The molecule has 0 bridgehead atoms. The molecule has 0 aliphatic heterocycles. The highest BCUT2D eigenvalue weighted by Crippen LogP contribution is 2.40. The molecule has 2 N–H and O–H groups in total. The summed E-state index contributed by atoms with van der Waals surface area (Å²) in [6, 6.07) is 7.74. The Kier molecular flexibility index (Phi) is 5.46. The molecule has 136 valence electrons. The van der Waals surface area contributed by atoms with Crippen molar-refractivity contribution < 1.29 is 35.8 Å². The number of ether oxygens (including phenoxy) is 2. The van der Waals surface area contributed by atoms with Gasteiger partial charge in [-0.2, -0.15) is 13.2 Å². The molecule has 25 heavy (non-hydrogen) atoms. The Morgan fingerprint density at radius 1 is 0.880 bits per heavy atom. The summed E-state index contributed by atoms with van der Waals surface area (Å²) in [6.07, 6.45) is -9.68. The molecule has 0 fully saturated rings. The van der Waals surface area contributed by atoms with Gasteiger partial charge in [0.1, 0.15) is 6.61 Å². The van der Waals surface area contributed by atoms with E-state index in [0.717, 1.165) is 24.3 Å². The third-order valence-corrected chi connectivity index (χ3v) is 3.09. The number of alkyl halides is 6. The zero-order valence-electron chi connectivity index (χ0n) is 12.6. The van der Waals surface area contributed by atoms with E-state index in [1.807, 2.05) is 0 Å². The van der Waals surface area contributed by atoms with Crippen molar-refractivity contribution in [1.82, 2.24) is 0 Å². The molecule has 0 heterocycles. The van der Waals surface area contributed by atoms with Gasteiger partial charge in [-0.05, 0) is 29.3 Å². The van der Waals surface area contributed by atoms with Crippen LogP contribution in [0.5, 0.6) is 11.5 Å². The van der Waals surface area contributed by atoms with Gasteiger partial charge in [0, 0.05) is 6.54 Å². The molecular weight excluding hydrogens is 352 g/mol. The van der Waals surface area contributed by atoms with E-state index in [2.05, 4.69) is 4.74 Å². The van der Waals surface area contributed by atoms with E-state index in [1.165, 1.54) is 18.2 Å². The van der Waals surface area contributed by atoms with Crippen LogP contribution in [-0.4, -0.2) is 19.5 Å². The first kappa shape index (κ1) is 18.9. The molecule has 0 radical (unpaired) electrons. The molecular formula is C16H13F6NO2. The maximum absolute atomic E-state index is 13.1. The summed E-state index contributed by atoms with van der Waals surface area (Å²) in [5, 5.41) is 0. The molecule has 0 atom stereocenters. The molecule has 0 saturated heterocycles. The van der Waals surface area contributed by atoms with E-state index in [1.54, 1.807) is 0 Å². The lowest BCUT2D eigenvalue weighted by molar-refractivity contribution is -0.275. The normalized spacial score (nSPS) is 12.1. The van der Waals surface area contributed by atoms with Crippen molar-refractivity contribution in [2.24, 2.45) is 5.73 Å². The van der Waals surface area contributed by atoms with Crippen LogP contribution in [0.2, 0.25) is 0 Å². The first-order chi connectivity index (χ1) is 11.6. The molecule has 0 aromatic heterocycles. The fourth-order valence-electron chi connectivity index (χ4n) is 2.15. The van der Waals surface area contributed by atoms with Crippen LogP contribution in [0.1, 0.15) is 5.56 Å². The first-order valence-electron chi connectivity index (χ1n) is 7.01. The third-order valence-electron chi connectivity index (χ3n) is 3.09. The standard InChI is InChI=1S/C16H13F6NO2/c17-15(18,19)12-4-2-1-3-11(12)10-5-6-13(24-8-7-23)14(9-10)25-16(20,21)22/h1-6,9H,7-8,23H2. The molecule has 2 rings (SSSR count). The average molecular weight is 365 g/mol. The van der Waals surface area contributed by atoms with Crippen LogP contribution in [-0.2, 0) is 6.18 Å². The SMILES string of the molecule is NCCOc1ccc(-c2ccccc2C(F)(F)F)cc1OC(F)(F)F. The zero-order chi connectivity index (χ0) is 18.7. The minimum absolute atomic E-state index is 0.0458. The number of halogens is 6. The minimum atomic E-state index is -5.02. The molecule has 0 unspecified atom stereocenters. The molecule has 0 amide bonds. The first-order valence-corrected chi connectivity index (χ1v) is 7.01. The number of hydrogen-bond donors (Lipinski definition) is 1. The molecule has 3 nitrogen and oxygen atoms in total. The number of rotatable bonds is 5. The van der Waals surface area contributed by atoms with Gasteiger partial charge in [-0.25, -0.2) is 0 Å². The lowest BCUT2D eigenvalue weighted by atomic mass is 9.99. The van der Waals surface area contributed by atoms with Crippen molar-refractivity contribution in [1.29, 1.82) is 0 Å². The topological polar surface area (TPSA) is 44.5 Å². The Hall–Kier alpha value is -2.42. The molecule has 2 aromatic carbocycles. The van der Waals surface area contributed by atoms with Gasteiger partial charge in [-0.15, -0.1) is 13.2 Å². The van der Waals surface area contributed by atoms with Gasteiger partial charge in [0.05, 0.1) is 5.56 Å². The lowest BCUT2D eigenvalue weighted by Crippen LogP contribution is -2.18. The quantitative estimate of drug-likeness (QED) is 0.787. The Labute approximate surface area is 139 Å². The number of nitrogens with two attached hydrogens (primary N) is 1. The van der Waals surface area contributed by atoms with Crippen LogP contribution in [0.15, 0.2) is 42.5 Å². The van der Waals surface area contributed by atoms with Gasteiger partial charge in [0.15, 0.2) is 11.5 Å². The molecule has 2 aromatic rings. The maximum Gasteiger partial charge on any atom is 0.573 e. The average Bonchev–Trinajstić information content (AvgIpc) is 2.51. The summed E-state index contributed by atoms with van der Waals surface area (Å²) in [6.45, 7) is -0.0309. The second kappa shape index (κ2) is 7.22. The molecule has 0 spiro atoms. The lowest BCUT2D eigenvalue weighted by Gasteiger charge is -2.17. The molecule has 0 aliphatic carbocycles. The van der Waals surface area contributed by atoms with E-state index in [-0.39, 0.29) is 30.0 Å². The summed E-state index contributed by atoms with van der Waals surface area (Å²) >= 11 is 0. The molecule has 0 aliphatic rings. The van der Waals surface area contributed by atoms with E-state index in [0.29, 0.717) is 0 Å². The van der Waals surface area contributed by atoms with Crippen molar-refractivity contribution in [2.45, 2.75) is 12.5 Å². The highest BCUT2D eigenvalue weighted by Gasteiger charge is 2.35. The smallest absolute Gasteiger partial charge is 0.488 e. The van der Waals surface area contributed by atoms with Crippen LogP contribution in [0.25, 0.3) is 11.1 Å². The Morgan fingerprint density at radius 3 is 2.16 bits per heavy atom.